The van der Waals surface area contributed by atoms with E-state index in [1.807, 2.05) is 23.6 Å². The molecule has 0 aliphatic heterocycles. The maximum Gasteiger partial charge on any atom is 0.292 e. The number of hydrogen-bond acceptors (Lipinski definition) is 6. The van der Waals surface area contributed by atoms with E-state index in [1.165, 1.54) is 29.6 Å². The average molecular weight is 329 g/mol. The van der Waals surface area contributed by atoms with Crippen LogP contribution in [-0.4, -0.2) is 16.6 Å². The second-order valence-corrected chi connectivity index (χ2v) is 5.70. The molecule has 23 heavy (non-hydrogen) atoms. The monoisotopic (exact) mass is 329 g/mol. The lowest BCUT2D eigenvalue weighted by molar-refractivity contribution is -0.384. The summed E-state index contributed by atoms with van der Waals surface area (Å²) in [6.45, 7) is -0.0215. The predicted octanol–water partition coefficient (Wildman–Crippen LogP) is 3.73. The molecule has 0 fully saturated rings. The smallest absolute Gasteiger partial charge is 0.292 e. The Morgan fingerprint density at radius 3 is 2.91 bits per heavy atom. The molecule has 0 amide bonds. The van der Waals surface area contributed by atoms with Crippen LogP contribution < -0.4 is 5.32 Å². The fourth-order valence-corrected chi connectivity index (χ4v) is 2.96. The van der Waals surface area contributed by atoms with Crippen LogP contribution in [0.5, 0.6) is 0 Å². The molecule has 1 aromatic carbocycles. The lowest BCUT2D eigenvalue weighted by Gasteiger charge is -2.18. The number of nitro groups is 1. The van der Waals surface area contributed by atoms with Crippen molar-refractivity contribution in [3.63, 3.8) is 0 Å². The van der Waals surface area contributed by atoms with E-state index in [0.29, 0.717) is 17.7 Å². The first-order valence-electron chi connectivity index (χ1n) is 6.91. The highest BCUT2D eigenvalue weighted by Crippen LogP contribution is 2.32. The summed E-state index contributed by atoms with van der Waals surface area (Å²) >= 11 is 1.53. The Kier molecular flexibility index (Phi) is 5.86. The molecular weight excluding hydrogens is 314 g/mol. The largest absolute Gasteiger partial charge is 0.396 e. The lowest BCUT2D eigenvalue weighted by Crippen LogP contribution is -2.12. The highest BCUT2D eigenvalue weighted by molar-refractivity contribution is 7.10. The van der Waals surface area contributed by atoms with Gasteiger partial charge in [0, 0.05) is 23.6 Å². The SMILES string of the molecule is N#C/C=C/c1ccc(N[C@@H](CCO)c2cccs2)c([N+](=O)[O-])c1. The summed E-state index contributed by atoms with van der Waals surface area (Å²) in [5, 5.41) is 34.1. The van der Waals surface area contributed by atoms with Crippen LogP contribution in [0.2, 0.25) is 0 Å². The number of rotatable bonds is 7. The third-order valence-electron chi connectivity index (χ3n) is 3.20. The van der Waals surface area contributed by atoms with Crippen molar-refractivity contribution in [1.29, 1.82) is 5.26 Å². The van der Waals surface area contributed by atoms with Crippen molar-refractivity contribution in [3.05, 3.63) is 62.3 Å². The first kappa shape index (κ1) is 16.7. The Morgan fingerprint density at radius 1 is 1.48 bits per heavy atom. The maximum absolute atomic E-state index is 11.3. The van der Waals surface area contributed by atoms with Gasteiger partial charge in [-0.3, -0.25) is 10.1 Å². The molecule has 0 unspecified atom stereocenters. The highest BCUT2D eigenvalue weighted by Gasteiger charge is 2.19. The molecule has 1 aromatic heterocycles. The number of anilines is 1. The van der Waals surface area contributed by atoms with Crippen molar-refractivity contribution >= 4 is 28.8 Å². The Hall–Kier alpha value is -2.69. The van der Waals surface area contributed by atoms with Gasteiger partial charge < -0.3 is 10.4 Å². The molecule has 2 aromatic rings. The minimum Gasteiger partial charge on any atom is -0.396 e. The zero-order valence-electron chi connectivity index (χ0n) is 12.2. The van der Waals surface area contributed by atoms with Gasteiger partial charge in [0.1, 0.15) is 5.69 Å². The number of hydrogen-bond donors (Lipinski definition) is 2. The molecular formula is C16H15N3O3S. The van der Waals surface area contributed by atoms with Crippen molar-refractivity contribution in [1.82, 2.24) is 0 Å². The molecule has 0 radical (unpaired) electrons. The number of aliphatic hydroxyl groups is 1. The van der Waals surface area contributed by atoms with Crippen molar-refractivity contribution < 1.29 is 10.0 Å². The van der Waals surface area contributed by atoms with Gasteiger partial charge in [-0.2, -0.15) is 5.26 Å². The van der Waals surface area contributed by atoms with Crippen LogP contribution in [0.4, 0.5) is 11.4 Å². The molecule has 0 saturated carbocycles. The summed E-state index contributed by atoms with van der Waals surface area (Å²) < 4.78 is 0. The van der Waals surface area contributed by atoms with Gasteiger partial charge in [-0.15, -0.1) is 11.3 Å². The number of allylic oxidation sites excluding steroid dienone is 1. The Bertz CT molecular complexity index is 736. The third kappa shape index (κ3) is 4.39. The van der Waals surface area contributed by atoms with Crippen LogP contribution in [-0.2, 0) is 0 Å². The molecule has 6 nitrogen and oxygen atoms in total. The van der Waals surface area contributed by atoms with Gasteiger partial charge >= 0.3 is 0 Å². The summed E-state index contributed by atoms with van der Waals surface area (Å²) in [6.07, 6.45) is 3.24. The van der Waals surface area contributed by atoms with Gasteiger partial charge in [0.15, 0.2) is 0 Å². The second-order valence-electron chi connectivity index (χ2n) is 4.72. The van der Waals surface area contributed by atoms with Gasteiger partial charge in [0.05, 0.1) is 17.0 Å². The number of nitro benzene ring substituents is 1. The molecule has 0 spiro atoms. The maximum atomic E-state index is 11.3. The summed E-state index contributed by atoms with van der Waals surface area (Å²) in [4.78, 5) is 11.8. The van der Waals surface area contributed by atoms with Gasteiger partial charge in [-0.1, -0.05) is 12.1 Å². The average Bonchev–Trinajstić information content (AvgIpc) is 3.07. The zero-order chi connectivity index (χ0) is 16.7. The van der Waals surface area contributed by atoms with Crippen molar-refractivity contribution in [2.24, 2.45) is 0 Å². The fraction of sp³-hybridized carbons (Fsp3) is 0.188. The van der Waals surface area contributed by atoms with E-state index in [4.69, 9.17) is 5.26 Å². The van der Waals surface area contributed by atoms with Crippen molar-refractivity contribution in [2.75, 3.05) is 11.9 Å². The summed E-state index contributed by atoms with van der Waals surface area (Å²) in [7, 11) is 0. The van der Waals surface area contributed by atoms with E-state index in [-0.39, 0.29) is 18.3 Å². The van der Waals surface area contributed by atoms with Crippen LogP contribution in [0.3, 0.4) is 0 Å². The third-order valence-corrected chi connectivity index (χ3v) is 4.19. The molecule has 7 heteroatoms. The molecule has 0 saturated heterocycles. The van der Waals surface area contributed by atoms with Crippen LogP contribution >= 0.6 is 11.3 Å². The molecule has 2 rings (SSSR count). The zero-order valence-corrected chi connectivity index (χ0v) is 13.0. The van der Waals surface area contributed by atoms with Crippen LogP contribution in [0.1, 0.15) is 22.9 Å². The van der Waals surface area contributed by atoms with E-state index in [1.54, 1.807) is 12.1 Å². The summed E-state index contributed by atoms with van der Waals surface area (Å²) in [5.41, 5.74) is 0.902. The van der Waals surface area contributed by atoms with Crippen LogP contribution in [0.15, 0.2) is 41.8 Å². The number of aliphatic hydroxyl groups excluding tert-OH is 1. The number of thiophene rings is 1. The van der Waals surface area contributed by atoms with Crippen molar-refractivity contribution in [2.45, 2.75) is 12.5 Å². The lowest BCUT2D eigenvalue weighted by atomic mass is 10.1. The standard InChI is InChI=1S/C16H15N3O3S/c17-8-1-3-12-5-6-13(15(11-12)19(21)22)18-14(7-9-20)16-4-2-10-23-16/h1-6,10-11,14,18,20H,7,9H2/b3-1+/t14-/m0/s1. The molecule has 0 aliphatic carbocycles. The first-order chi connectivity index (χ1) is 11.2. The van der Waals surface area contributed by atoms with E-state index >= 15 is 0 Å². The van der Waals surface area contributed by atoms with Crippen molar-refractivity contribution in [3.8, 4) is 6.07 Å². The fourth-order valence-electron chi connectivity index (χ4n) is 2.15. The Labute approximate surface area is 137 Å². The second kappa shape index (κ2) is 8.08. The summed E-state index contributed by atoms with van der Waals surface area (Å²) in [5.74, 6) is 0. The van der Waals surface area contributed by atoms with E-state index in [2.05, 4.69) is 5.32 Å². The van der Waals surface area contributed by atoms with Crippen LogP contribution in [0, 0.1) is 21.4 Å². The molecule has 2 N–H and O–H groups in total. The number of benzene rings is 1. The minimum absolute atomic E-state index is 0.0215. The molecule has 0 aliphatic rings. The Morgan fingerprint density at radius 2 is 2.30 bits per heavy atom. The number of nitrogens with zero attached hydrogens (tertiary/aromatic N) is 2. The number of nitrogens with one attached hydrogen (secondary N) is 1. The first-order valence-corrected chi connectivity index (χ1v) is 7.79. The van der Waals surface area contributed by atoms with E-state index in [0.717, 1.165) is 4.88 Å². The normalized spacial score (nSPS) is 12.0. The van der Waals surface area contributed by atoms with Gasteiger partial charge in [-0.25, -0.2) is 0 Å². The Balaban J connectivity index is 2.32. The molecule has 1 heterocycles. The topological polar surface area (TPSA) is 99.2 Å². The molecule has 118 valence electrons. The highest BCUT2D eigenvalue weighted by atomic mass is 32.1. The van der Waals surface area contributed by atoms with E-state index < -0.39 is 4.92 Å². The predicted molar refractivity (Wildman–Crippen MR) is 90.1 cm³/mol. The van der Waals surface area contributed by atoms with Gasteiger partial charge in [0.2, 0.25) is 0 Å². The molecule has 0 bridgehead atoms. The van der Waals surface area contributed by atoms with Crippen LogP contribution in [0.25, 0.3) is 6.08 Å². The molecule has 1 atom stereocenters. The van der Waals surface area contributed by atoms with E-state index in [9.17, 15) is 15.2 Å². The number of nitriles is 1. The van der Waals surface area contributed by atoms with Gasteiger partial charge in [0.25, 0.3) is 5.69 Å². The quantitative estimate of drug-likeness (QED) is 0.458. The summed E-state index contributed by atoms with van der Waals surface area (Å²) in [6, 6.07) is 10.2. The minimum atomic E-state index is -0.462. The van der Waals surface area contributed by atoms with Gasteiger partial charge in [-0.05, 0) is 35.6 Å².